The van der Waals surface area contributed by atoms with Gasteiger partial charge in [0.1, 0.15) is 6.10 Å². The van der Waals surface area contributed by atoms with Gasteiger partial charge >= 0.3 is 18.4 Å². The Kier molecular flexibility index (Phi) is 5.53. The van der Waals surface area contributed by atoms with Gasteiger partial charge < -0.3 is 18.9 Å². The first-order valence-electron chi connectivity index (χ1n) is 9.34. The quantitative estimate of drug-likeness (QED) is 0.579. The van der Waals surface area contributed by atoms with Gasteiger partial charge in [0, 0.05) is 0 Å². The molecule has 2 unspecified atom stereocenters. The Morgan fingerprint density at radius 1 is 0.852 bits per heavy atom. The highest BCUT2D eigenvalue weighted by Crippen LogP contribution is 2.31. The number of hydrogen-bond acceptors (Lipinski definition) is 4. The zero-order valence-electron chi connectivity index (χ0n) is 15.6. The summed E-state index contributed by atoms with van der Waals surface area (Å²) in [6, 6.07) is 20.2. The Bertz CT molecular complexity index is 761. The number of ether oxygens (including phenoxy) is 4. The first kappa shape index (κ1) is 18.2. The van der Waals surface area contributed by atoms with Crippen LogP contribution in [0.5, 0.6) is 0 Å². The summed E-state index contributed by atoms with van der Waals surface area (Å²) in [7, 11) is 0. The van der Waals surface area contributed by atoms with Crippen LogP contribution in [-0.4, -0.2) is 36.7 Å². The molecule has 2 heterocycles. The molecule has 0 spiro atoms. The van der Waals surface area contributed by atoms with E-state index in [1.165, 1.54) is 0 Å². The van der Waals surface area contributed by atoms with Crippen LogP contribution in [-0.2, 0) is 36.6 Å². The molecule has 5 atom stereocenters. The summed E-state index contributed by atoms with van der Waals surface area (Å²) in [5.41, 5.74) is 2.22. The van der Waals surface area contributed by atoms with Gasteiger partial charge in [-0.25, -0.2) is 0 Å². The molecule has 27 heavy (non-hydrogen) atoms. The highest BCUT2D eigenvalue weighted by atomic mass is 16.8. The molecule has 2 aromatic carbocycles. The zero-order chi connectivity index (χ0) is 18.6. The smallest absolute Gasteiger partial charge is 0.368 e. The lowest BCUT2D eigenvalue weighted by atomic mass is 9.99. The molecule has 0 aliphatic carbocycles. The van der Waals surface area contributed by atoms with Crippen LogP contribution in [0.25, 0.3) is 0 Å². The monoisotopic (exact) mass is 369 g/mol. The Morgan fingerprint density at radius 2 is 1.41 bits per heavy atom. The van der Waals surface area contributed by atoms with Crippen molar-refractivity contribution in [2.45, 2.75) is 57.8 Å². The number of hydrogen-bond donors (Lipinski definition) is 0. The van der Waals surface area contributed by atoms with Crippen LogP contribution >= 0.6 is 0 Å². The van der Waals surface area contributed by atoms with E-state index < -0.39 is 6.29 Å². The van der Waals surface area contributed by atoms with Gasteiger partial charge in [0.2, 0.25) is 0 Å². The Balaban J connectivity index is 1.49. The summed E-state index contributed by atoms with van der Waals surface area (Å²) >= 11 is 0. The predicted octanol–water partition coefficient (Wildman–Crippen LogP) is 3.38. The zero-order valence-corrected chi connectivity index (χ0v) is 15.6. The second-order valence-electron chi connectivity index (χ2n) is 6.92. The van der Waals surface area contributed by atoms with Crippen molar-refractivity contribution < 1.29 is 23.4 Å². The first-order chi connectivity index (χ1) is 13.2. The largest absolute Gasteiger partial charge is 0.484 e. The molecule has 0 saturated carbocycles. The van der Waals surface area contributed by atoms with E-state index in [0.29, 0.717) is 19.2 Å². The summed E-state index contributed by atoms with van der Waals surface area (Å²) in [6.45, 7) is 4.75. The fourth-order valence-corrected chi connectivity index (χ4v) is 3.53. The number of esters is 1. The van der Waals surface area contributed by atoms with Crippen molar-refractivity contribution in [2.75, 3.05) is 0 Å². The van der Waals surface area contributed by atoms with Gasteiger partial charge in [-0.05, 0) is 18.1 Å². The van der Waals surface area contributed by atoms with Crippen molar-refractivity contribution in [3.63, 3.8) is 0 Å². The SMILES string of the molecule is CC1=[O+][C@@H]2OC(C)[C@H](OCc3ccccc3)[C@@H](OCc3ccccc3)C2O1. The van der Waals surface area contributed by atoms with E-state index >= 15 is 0 Å². The Hall–Kier alpha value is -2.21. The van der Waals surface area contributed by atoms with Gasteiger partial charge in [-0.15, -0.1) is 0 Å². The number of benzene rings is 2. The lowest BCUT2D eigenvalue weighted by Gasteiger charge is -2.37. The molecule has 0 amide bonds. The van der Waals surface area contributed by atoms with Crippen LogP contribution in [0.1, 0.15) is 25.0 Å². The van der Waals surface area contributed by atoms with Crippen molar-refractivity contribution in [3.05, 3.63) is 71.8 Å². The minimum absolute atomic E-state index is 0.176. The third-order valence-corrected chi connectivity index (χ3v) is 4.88. The van der Waals surface area contributed by atoms with Gasteiger partial charge in [-0.3, -0.25) is 4.42 Å². The summed E-state index contributed by atoms with van der Waals surface area (Å²) in [6.07, 6.45) is -1.53. The summed E-state index contributed by atoms with van der Waals surface area (Å²) < 4.78 is 30.0. The topological polar surface area (TPSA) is 48.2 Å². The molecular formula is C22H25O5+. The Labute approximate surface area is 159 Å². The summed E-state index contributed by atoms with van der Waals surface area (Å²) in [5.74, 6) is 0.509. The number of fused-ring (bicyclic) bond motifs is 1. The summed E-state index contributed by atoms with van der Waals surface area (Å²) in [4.78, 5) is 0. The minimum atomic E-state index is -0.461. The highest BCUT2D eigenvalue weighted by molar-refractivity contribution is 5.67. The summed E-state index contributed by atoms with van der Waals surface area (Å²) in [5, 5.41) is 0. The molecule has 0 bridgehead atoms. The van der Waals surface area contributed by atoms with E-state index in [1.54, 1.807) is 6.92 Å². The lowest BCUT2D eigenvalue weighted by molar-refractivity contribution is -0.570. The van der Waals surface area contributed by atoms with E-state index in [9.17, 15) is 0 Å². The van der Waals surface area contributed by atoms with Gasteiger partial charge in [-0.2, -0.15) is 0 Å². The fourth-order valence-electron chi connectivity index (χ4n) is 3.53. The van der Waals surface area contributed by atoms with Crippen molar-refractivity contribution in [2.24, 2.45) is 0 Å². The molecule has 1 saturated heterocycles. The van der Waals surface area contributed by atoms with Crippen LogP contribution < -0.4 is 0 Å². The average molecular weight is 369 g/mol. The van der Waals surface area contributed by atoms with Crippen molar-refractivity contribution in [3.8, 4) is 0 Å². The normalized spacial score (nSPS) is 29.7. The maximum atomic E-state index is 6.28. The third-order valence-electron chi connectivity index (χ3n) is 4.88. The molecule has 2 aliphatic rings. The van der Waals surface area contributed by atoms with E-state index in [4.69, 9.17) is 23.4 Å². The van der Waals surface area contributed by atoms with Crippen molar-refractivity contribution in [1.82, 2.24) is 0 Å². The second-order valence-corrected chi connectivity index (χ2v) is 6.92. The van der Waals surface area contributed by atoms with Crippen LogP contribution in [0.4, 0.5) is 0 Å². The maximum absolute atomic E-state index is 6.28. The number of carbonyl (C=O) groups excluding carboxylic acids is 1. The maximum Gasteiger partial charge on any atom is 0.484 e. The molecule has 5 nitrogen and oxygen atoms in total. The molecule has 0 radical (unpaired) electrons. The molecule has 0 aromatic heterocycles. The molecule has 2 aliphatic heterocycles. The minimum Gasteiger partial charge on any atom is -0.368 e. The molecule has 0 N–H and O–H groups in total. The lowest BCUT2D eigenvalue weighted by Crippen LogP contribution is -2.57. The van der Waals surface area contributed by atoms with Crippen LogP contribution in [0, 0.1) is 0 Å². The molecule has 5 heteroatoms. The van der Waals surface area contributed by atoms with Crippen LogP contribution in [0.2, 0.25) is 0 Å². The molecule has 2 aromatic rings. The standard InChI is InChI=1S/C22H25O5/c1-15-19(23-13-17-9-5-3-6-10-17)20(21-22(25-15)27-16(2)26-21)24-14-18-11-7-4-8-12-18/h3-12,15,19-22H,13-14H2,1-2H3/q+1/t15?,19-,20+,21?,22-/m0/s1. The van der Waals surface area contributed by atoms with Crippen LogP contribution in [0.3, 0.4) is 0 Å². The van der Waals surface area contributed by atoms with E-state index in [1.807, 2.05) is 67.6 Å². The van der Waals surface area contributed by atoms with Crippen molar-refractivity contribution in [1.29, 1.82) is 0 Å². The van der Waals surface area contributed by atoms with E-state index in [-0.39, 0.29) is 24.4 Å². The average Bonchev–Trinajstić information content (AvgIpc) is 3.06. The predicted molar refractivity (Wildman–Crippen MR) is 99.9 cm³/mol. The Morgan fingerprint density at radius 3 is 2.00 bits per heavy atom. The first-order valence-corrected chi connectivity index (χ1v) is 9.34. The van der Waals surface area contributed by atoms with Gasteiger partial charge in [0.25, 0.3) is 0 Å². The van der Waals surface area contributed by atoms with Gasteiger partial charge in [-0.1, -0.05) is 60.7 Å². The second kappa shape index (κ2) is 8.21. The third kappa shape index (κ3) is 4.21. The van der Waals surface area contributed by atoms with Crippen LogP contribution in [0.15, 0.2) is 60.7 Å². The number of rotatable bonds is 6. The molecular weight excluding hydrogens is 344 g/mol. The highest BCUT2D eigenvalue weighted by Gasteiger charge is 2.58. The fraction of sp³-hybridized carbons (Fsp3) is 0.409. The van der Waals surface area contributed by atoms with Crippen molar-refractivity contribution >= 4 is 5.97 Å². The molecule has 1 fully saturated rings. The van der Waals surface area contributed by atoms with Gasteiger partial charge in [0.15, 0.2) is 6.10 Å². The molecule has 4 rings (SSSR count). The van der Waals surface area contributed by atoms with Gasteiger partial charge in [0.05, 0.1) is 26.2 Å². The van der Waals surface area contributed by atoms with E-state index in [0.717, 1.165) is 11.1 Å². The van der Waals surface area contributed by atoms with E-state index in [2.05, 4.69) is 0 Å². The molecule has 142 valence electrons.